The molecule has 0 fully saturated rings. The molecule has 0 bridgehead atoms. The summed E-state index contributed by atoms with van der Waals surface area (Å²) in [6.45, 7) is 0.677. The Kier molecular flexibility index (Phi) is 4.99. The number of amides is 1. The Labute approximate surface area is 124 Å². The fourth-order valence-corrected chi connectivity index (χ4v) is 2.67. The predicted octanol–water partition coefficient (Wildman–Crippen LogP) is 3.55. The Bertz CT molecular complexity index is 542. The van der Waals surface area contributed by atoms with Gasteiger partial charge in [-0.3, -0.25) is 4.79 Å². The molecule has 1 heterocycles. The molecule has 0 saturated carbocycles. The highest BCUT2D eigenvalue weighted by atomic mass is 79.9. The second-order valence-corrected chi connectivity index (χ2v) is 6.02. The molecule has 100 valence electrons. The highest BCUT2D eigenvalue weighted by Crippen LogP contribution is 2.18. The molecule has 0 saturated heterocycles. The first-order chi connectivity index (χ1) is 9.15. The van der Waals surface area contributed by atoms with E-state index in [2.05, 4.69) is 15.9 Å². The van der Waals surface area contributed by atoms with Gasteiger partial charge in [-0.05, 0) is 29.6 Å². The topological polar surface area (TPSA) is 29.5 Å². The van der Waals surface area contributed by atoms with Crippen molar-refractivity contribution < 1.29 is 9.53 Å². The third kappa shape index (κ3) is 4.36. The molecule has 1 aromatic heterocycles. The minimum Gasteiger partial charge on any atom is -0.484 e. The maximum Gasteiger partial charge on any atom is 0.260 e. The van der Waals surface area contributed by atoms with Crippen molar-refractivity contribution in [2.45, 2.75) is 6.54 Å². The van der Waals surface area contributed by atoms with E-state index in [9.17, 15) is 4.79 Å². The van der Waals surface area contributed by atoms with E-state index in [1.165, 1.54) is 4.88 Å². The van der Waals surface area contributed by atoms with Gasteiger partial charge in [0.1, 0.15) is 5.75 Å². The summed E-state index contributed by atoms with van der Waals surface area (Å²) in [7, 11) is 1.78. The number of hydrogen-bond acceptors (Lipinski definition) is 3. The number of nitrogens with zero attached hydrogens (tertiary/aromatic N) is 1. The molecule has 0 aliphatic carbocycles. The van der Waals surface area contributed by atoms with Crippen LogP contribution in [0.3, 0.4) is 0 Å². The van der Waals surface area contributed by atoms with E-state index in [1.54, 1.807) is 23.3 Å². The molecule has 0 N–H and O–H groups in total. The van der Waals surface area contributed by atoms with Crippen molar-refractivity contribution in [2.24, 2.45) is 0 Å². The van der Waals surface area contributed by atoms with Gasteiger partial charge in [-0.15, -0.1) is 11.3 Å². The highest BCUT2D eigenvalue weighted by molar-refractivity contribution is 9.10. The molecule has 0 atom stereocenters. The lowest BCUT2D eigenvalue weighted by Crippen LogP contribution is -2.30. The lowest BCUT2D eigenvalue weighted by molar-refractivity contribution is -0.132. The Morgan fingerprint density at radius 3 is 2.89 bits per heavy atom. The van der Waals surface area contributed by atoms with Gasteiger partial charge in [0.2, 0.25) is 0 Å². The van der Waals surface area contributed by atoms with Crippen molar-refractivity contribution in [1.29, 1.82) is 0 Å². The fraction of sp³-hybridized carbons (Fsp3) is 0.214. The Hall–Kier alpha value is -1.33. The number of hydrogen-bond donors (Lipinski definition) is 0. The van der Waals surface area contributed by atoms with Crippen LogP contribution in [-0.4, -0.2) is 24.5 Å². The van der Waals surface area contributed by atoms with E-state index >= 15 is 0 Å². The zero-order valence-corrected chi connectivity index (χ0v) is 12.9. The first-order valence-corrected chi connectivity index (χ1v) is 7.47. The van der Waals surface area contributed by atoms with Crippen molar-refractivity contribution in [3.63, 3.8) is 0 Å². The first kappa shape index (κ1) is 14.1. The van der Waals surface area contributed by atoms with Crippen molar-refractivity contribution in [3.8, 4) is 5.75 Å². The van der Waals surface area contributed by atoms with E-state index in [0.717, 1.165) is 4.47 Å². The number of likely N-dealkylation sites (N-methyl/N-ethyl adjacent to an activating group) is 1. The number of carbonyl (C=O) groups excluding carboxylic acids is 1. The average molecular weight is 340 g/mol. The quantitative estimate of drug-likeness (QED) is 0.833. The fourth-order valence-electron chi connectivity index (χ4n) is 1.54. The van der Waals surface area contributed by atoms with Crippen LogP contribution in [0.5, 0.6) is 5.75 Å². The monoisotopic (exact) mass is 339 g/mol. The zero-order chi connectivity index (χ0) is 13.7. The Morgan fingerprint density at radius 1 is 1.37 bits per heavy atom. The number of rotatable bonds is 5. The number of benzene rings is 1. The molecule has 0 aliphatic rings. The molecular formula is C14H14BrNO2S. The Balaban J connectivity index is 1.84. The van der Waals surface area contributed by atoms with Gasteiger partial charge in [0, 0.05) is 16.4 Å². The first-order valence-electron chi connectivity index (χ1n) is 5.80. The average Bonchev–Trinajstić information content (AvgIpc) is 2.89. The highest BCUT2D eigenvalue weighted by Gasteiger charge is 2.10. The zero-order valence-electron chi connectivity index (χ0n) is 10.5. The molecule has 0 aliphatic heterocycles. The van der Waals surface area contributed by atoms with E-state index in [1.807, 2.05) is 41.8 Å². The van der Waals surface area contributed by atoms with Crippen LogP contribution in [0, 0.1) is 0 Å². The summed E-state index contributed by atoms with van der Waals surface area (Å²) in [6, 6.07) is 11.5. The van der Waals surface area contributed by atoms with Crippen LogP contribution in [0.1, 0.15) is 4.88 Å². The van der Waals surface area contributed by atoms with Crippen LogP contribution in [0.2, 0.25) is 0 Å². The summed E-state index contributed by atoms with van der Waals surface area (Å²) in [5.74, 6) is 0.653. The van der Waals surface area contributed by atoms with Crippen molar-refractivity contribution in [3.05, 3.63) is 51.1 Å². The summed E-state index contributed by atoms with van der Waals surface area (Å²) in [4.78, 5) is 14.8. The molecule has 0 spiro atoms. The van der Waals surface area contributed by atoms with Gasteiger partial charge in [-0.25, -0.2) is 0 Å². The molecule has 2 aromatic rings. The third-order valence-corrected chi connectivity index (χ3v) is 3.91. The van der Waals surface area contributed by atoms with Gasteiger partial charge in [-0.2, -0.15) is 0 Å². The standard InChI is InChI=1S/C14H14BrNO2S/c1-16(9-13-6-3-7-19-13)14(17)10-18-12-5-2-4-11(15)8-12/h2-8H,9-10H2,1H3. The van der Waals surface area contributed by atoms with E-state index in [-0.39, 0.29) is 12.5 Å². The molecule has 1 aromatic carbocycles. The van der Waals surface area contributed by atoms with Crippen molar-refractivity contribution in [1.82, 2.24) is 4.90 Å². The van der Waals surface area contributed by atoms with Crippen LogP contribution in [0.15, 0.2) is 46.3 Å². The summed E-state index contributed by atoms with van der Waals surface area (Å²) < 4.78 is 6.41. The number of carbonyl (C=O) groups is 1. The maximum absolute atomic E-state index is 11.9. The molecular weight excluding hydrogens is 326 g/mol. The smallest absolute Gasteiger partial charge is 0.260 e. The number of thiophene rings is 1. The van der Waals surface area contributed by atoms with Gasteiger partial charge in [0.15, 0.2) is 6.61 Å². The largest absolute Gasteiger partial charge is 0.484 e. The van der Waals surface area contributed by atoms with Crippen molar-refractivity contribution >= 4 is 33.2 Å². The second-order valence-electron chi connectivity index (χ2n) is 4.08. The third-order valence-electron chi connectivity index (χ3n) is 2.56. The van der Waals surface area contributed by atoms with E-state index in [0.29, 0.717) is 12.3 Å². The molecule has 3 nitrogen and oxygen atoms in total. The summed E-state index contributed by atoms with van der Waals surface area (Å²) in [6.07, 6.45) is 0. The van der Waals surface area contributed by atoms with Crippen LogP contribution in [0.4, 0.5) is 0 Å². The summed E-state index contributed by atoms with van der Waals surface area (Å²) in [5, 5.41) is 2.01. The lowest BCUT2D eigenvalue weighted by Gasteiger charge is -2.16. The molecule has 2 rings (SSSR count). The molecule has 1 amide bonds. The summed E-state index contributed by atoms with van der Waals surface area (Å²) >= 11 is 5.01. The lowest BCUT2D eigenvalue weighted by atomic mass is 10.3. The SMILES string of the molecule is CN(Cc1cccs1)C(=O)COc1cccc(Br)c1. The Morgan fingerprint density at radius 2 is 2.21 bits per heavy atom. The minimum absolute atomic E-state index is 0.0339. The number of halogens is 1. The van der Waals surface area contributed by atoms with Gasteiger partial charge >= 0.3 is 0 Å². The van der Waals surface area contributed by atoms with Crippen LogP contribution in [0.25, 0.3) is 0 Å². The van der Waals surface area contributed by atoms with Gasteiger partial charge in [-0.1, -0.05) is 28.1 Å². The molecule has 5 heteroatoms. The molecule has 0 unspecified atom stereocenters. The van der Waals surface area contributed by atoms with Crippen LogP contribution >= 0.6 is 27.3 Å². The molecule has 19 heavy (non-hydrogen) atoms. The summed E-state index contributed by atoms with van der Waals surface area (Å²) in [5.41, 5.74) is 0. The second kappa shape index (κ2) is 6.73. The minimum atomic E-state index is -0.0339. The van der Waals surface area contributed by atoms with Crippen LogP contribution in [-0.2, 0) is 11.3 Å². The van der Waals surface area contributed by atoms with Gasteiger partial charge in [0.25, 0.3) is 5.91 Å². The maximum atomic E-state index is 11.9. The van der Waals surface area contributed by atoms with Gasteiger partial charge in [0.05, 0.1) is 6.54 Å². The normalized spacial score (nSPS) is 10.2. The predicted molar refractivity (Wildman–Crippen MR) is 80.4 cm³/mol. The van der Waals surface area contributed by atoms with Crippen molar-refractivity contribution in [2.75, 3.05) is 13.7 Å². The molecule has 0 radical (unpaired) electrons. The van der Waals surface area contributed by atoms with Gasteiger partial charge < -0.3 is 9.64 Å². The van der Waals surface area contributed by atoms with E-state index in [4.69, 9.17) is 4.74 Å². The van der Waals surface area contributed by atoms with Crippen LogP contribution < -0.4 is 4.74 Å². The van der Waals surface area contributed by atoms with E-state index < -0.39 is 0 Å². The number of ether oxygens (including phenoxy) is 1.